The van der Waals surface area contributed by atoms with Gasteiger partial charge in [-0.25, -0.2) is 0 Å². The number of benzene rings is 2. The fourth-order valence-electron chi connectivity index (χ4n) is 2.60. The second-order valence-corrected chi connectivity index (χ2v) is 5.47. The topological polar surface area (TPSA) is 40.6 Å². The van der Waals surface area contributed by atoms with Gasteiger partial charge in [0.05, 0.1) is 0 Å². The van der Waals surface area contributed by atoms with Crippen LogP contribution in [0.2, 0.25) is 0 Å². The fourth-order valence-corrected chi connectivity index (χ4v) is 2.60. The van der Waals surface area contributed by atoms with Gasteiger partial charge >= 0.3 is 0 Å². The Balaban J connectivity index is 1.64. The first-order chi connectivity index (χ1) is 10.7. The molecule has 4 nitrogen and oxygen atoms in total. The molecule has 2 amide bonds. The number of hydrogen-bond donors (Lipinski definition) is 0. The van der Waals surface area contributed by atoms with Gasteiger partial charge in [-0.05, 0) is 11.1 Å². The van der Waals surface area contributed by atoms with Crippen LogP contribution >= 0.6 is 0 Å². The monoisotopic (exact) mass is 294 g/mol. The number of nitrogens with zero attached hydrogens (tertiary/aromatic N) is 2. The molecule has 1 saturated heterocycles. The van der Waals surface area contributed by atoms with Gasteiger partial charge in [-0.15, -0.1) is 0 Å². The maximum atomic E-state index is 12.3. The summed E-state index contributed by atoms with van der Waals surface area (Å²) in [4.78, 5) is 27.8. The second kappa shape index (κ2) is 6.43. The van der Waals surface area contributed by atoms with Crippen LogP contribution < -0.4 is 0 Å². The molecule has 4 heteroatoms. The minimum atomic E-state index is -0.000570. The Hall–Kier alpha value is -2.62. The molecule has 0 N–H and O–H groups in total. The minimum absolute atomic E-state index is 0.000570. The molecule has 1 heterocycles. The van der Waals surface area contributed by atoms with Gasteiger partial charge < -0.3 is 9.80 Å². The Morgan fingerprint density at radius 3 is 1.36 bits per heavy atom. The third-order valence-corrected chi connectivity index (χ3v) is 3.79. The van der Waals surface area contributed by atoms with E-state index in [-0.39, 0.29) is 24.9 Å². The summed E-state index contributed by atoms with van der Waals surface area (Å²) in [5, 5.41) is 0. The highest BCUT2D eigenvalue weighted by Crippen LogP contribution is 2.13. The van der Waals surface area contributed by atoms with E-state index < -0.39 is 0 Å². The molecule has 0 bridgehead atoms. The number of amides is 2. The van der Waals surface area contributed by atoms with Crippen LogP contribution in [-0.2, 0) is 22.7 Å². The standard InChI is InChI=1S/C18H18N2O2/c21-17-14-20(12-16-9-5-2-6-10-16)18(22)13-19(17)11-15-7-3-1-4-8-15/h1-10H,11-14H2. The van der Waals surface area contributed by atoms with Crippen LogP contribution in [0.5, 0.6) is 0 Å². The van der Waals surface area contributed by atoms with Crippen LogP contribution in [0.15, 0.2) is 60.7 Å². The maximum Gasteiger partial charge on any atom is 0.242 e. The van der Waals surface area contributed by atoms with Crippen molar-refractivity contribution in [2.45, 2.75) is 13.1 Å². The lowest BCUT2D eigenvalue weighted by Gasteiger charge is -2.34. The molecule has 0 unspecified atom stereocenters. The van der Waals surface area contributed by atoms with E-state index >= 15 is 0 Å². The van der Waals surface area contributed by atoms with Crippen LogP contribution in [0.3, 0.4) is 0 Å². The van der Waals surface area contributed by atoms with Gasteiger partial charge in [0.25, 0.3) is 0 Å². The van der Waals surface area contributed by atoms with Crippen LogP contribution in [0, 0.1) is 0 Å². The average molecular weight is 294 g/mol. The first-order valence-corrected chi connectivity index (χ1v) is 7.36. The molecular weight excluding hydrogens is 276 g/mol. The second-order valence-electron chi connectivity index (χ2n) is 5.47. The first-order valence-electron chi connectivity index (χ1n) is 7.36. The molecule has 0 radical (unpaired) electrons. The third-order valence-electron chi connectivity index (χ3n) is 3.79. The smallest absolute Gasteiger partial charge is 0.242 e. The quantitative estimate of drug-likeness (QED) is 0.866. The van der Waals surface area contributed by atoms with Crippen molar-refractivity contribution in [1.82, 2.24) is 9.80 Å². The van der Waals surface area contributed by atoms with Crippen LogP contribution in [0.1, 0.15) is 11.1 Å². The van der Waals surface area contributed by atoms with Gasteiger partial charge in [0.2, 0.25) is 11.8 Å². The van der Waals surface area contributed by atoms with Crippen molar-refractivity contribution in [2.24, 2.45) is 0 Å². The summed E-state index contributed by atoms with van der Waals surface area (Å²) in [5.41, 5.74) is 2.08. The van der Waals surface area contributed by atoms with Crippen molar-refractivity contribution >= 4 is 11.8 Å². The zero-order valence-corrected chi connectivity index (χ0v) is 12.3. The van der Waals surface area contributed by atoms with Crippen LogP contribution in [-0.4, -0.2) is 34.7 Å². The van der Waals surface area contributed by atoms with Crippen molar-refractivity contribution in [1.29, 1.82) is 0 Å². The predicted octanol–water partition coefficient (Wildman–Crippen LogP) is 2.06. The molecule has 0 saturated carbocycles. The molecule has 0 spiro atoms. The summed E-state index contributed by atoms with van der Waals surface area (Å²) in [6, 6.07) is 19.5. The van der Waals surface area contributed by atoms with E-state index in [0.29, 0.717) is 13.1 Å². The van der Waals surface area contributed by atoms with Gasteiger partial charge in [-0.2, -0.15) is 0 Å². The molecule has 0 aliphatic carbocycles. The fraction of sp³-hybridized carbons (Fsp3) is 0.222. The predicted molar refractivity (Wildman–Crippen MR) is 83.7 cm³/mol. The maximum absolute atomic E-state index is 12.3. The molecule has 0 atom stereocenters. The largest absolute Gasteiger partial charge is 0.328 e. The average Bonchev–Trinajstić information content (AvgIpc) is 2.54. The Morgan fingerprint density at radius 1 is 0.636 bits per heavy atom. The van der Waals surface area contributed by atoms with Crippen molar-refractivity contribution in [2.75, 3.05) is 13.1 Å². The molecule has 1 aliphatic heterocycles. The van der Waals surface area contributed by atoms with E-state index in [4.69, 9.17) is 0 Å². The lowest BCUT2D eigenvalue weighted by molar-refractivity contribution is -0.151. The molecular formula is C18H18N2O2. The van der Waals surface area contributed by atoms with Crippen LogP contribution in [0.4, 0.5) is 0 Å². The molecule has 2 aromatic rings. The Kier molecular flexibility index (Phi) is 4.19. The van der Waals surface area contributed by atoms with Crippen molar-refractivity contribution < 1.29 is 9.59 Å². The minimum Gasteiger partial charge on any atom is -0.328 e. The molecule has 3 rings (SSSR count). The zero-order valence-electron chi connectivity index (χ0n) is 12.3. The van der Waals surface area contributed by atoms with Crippen molar-refractivity contribution in [3.05, 3.63) is 71.8 Å². The molecule has 1 fully saturated rings. The van der Waals surface area contributed by atoms with E-state index in [0.717, 1.165) is 11.1 Å². The molecule has 2 aromatic carbocycles. The van der Waals surface area contributed by atoms with Gasteiger partial charge in [-0.1, -0.05) is 60.7 Å². The SMILES string of the molecule is O=C1CN(Cc2ccccc2)C(=O)CN1Cc1ccccc1. The zero-order chi connectivity index (χ0) is 15.4. The molecule has 22 heavy (non-hydrogen) atoms. The molecule has 112 valence electrons. The Morgan fingerprint density at radius 2 is 1.00 bits per heavy atom. The summed E-state index contributed by atoms with van der Waals surface area (Å²) in [7, 11) is 0. The van der Waals surface area contributed by atoms with E-state index in [1.165, 1.54) is 0 Å². The summed E-state index contributed by atoms with van der Waals surface area (Å²) < 4.78 is 0. The number of carbonyl (C=O) groups excluding carboxylic acids is 2. The summed E-state index contributed by atoms with van der Waals surface area (Å²) in [5.74, 6) is -0.00114. The van der Waals surface area contributed by atoms with Crippen molar-refractivity contribution in [3.8, 4) is 0 Å². The van der Waals surface area contributed by atoms with E-state index in [1.807, 2.05) is 60.7 Å². The number of rotatable bonds is 4. The first kappa shape index (κ1) is 14.3. The number of piperazine rings is 1. The number of hydrogen-bond acceptors (Lipinski definition) is 2. The normalized spacial score (nSPS) is 15.3. The Bertz CT molecular complexity index is 596. The summed E-state index contributed by atoms with van der Waals surface area (Å²) in [6.45, 7) is 1.29. The highest BCUT2D eigenvalue weighted by atomic mass is 16.2. The van der Waals surface area contributed by atoms with E-state index in [1.54, 1.807) is 9.80 Å². The molecule has 0 aromatic heterocycles. The van der Waals surface area contributed by atoms with Crippen LogP contribution in [0.25, 0.3) is 0 Å². The van der Waals surface area contributed by atoms with E-state index in [9.17, 15) is 9.59 Å². The van der Waals surface area contributed by atoms with Gasteiger partial charge in [-0.3, -0.25) is 9.59 Å². The lowest BCUT2D eigenvalue weighted by atomic mass is 10.1. The highest BCUT2D eigenvalue weighted by molar-refractivity contribution is 5.92. The van der Waals surface area contributed by atoms with Crippen molar-refractivity contribution in [3.63, 3.8) is 0 Å². The number of carbonyl (C=O) groups is 2. The molecule has 1 aliphatic rings. The highest BCUT2D eigenvalue weighted by Gasteiger charge is 2.29. The van der Waals surface area contributed by atoms with E-state index in [2.05, 4.69) is 0 Å². The summed E-state index contributed by atoms with van der Waals surface area (Å²) in [6.07, 6.45) is 0. The summed E-state index contributed by atoms with van der Waals surface area (Å²) >= 11 is 0. The Labute approximate surface area is 130 Å². The van der Waals surface area contributed by atoms with Gasteiger partial charge in [0, 0.05) is 13.1 Å². The van der Waals surface area contributed by atoms with Gasteiger partial charge in [0.1, 0.15) is 13.1 Å². The lowest BCUT2D eigenvalue weighted by Crippen LogP contribution is -2.52. The third kappa shape index (κ3) is 3.34. The van der Waals surface area contributed by atoms with Gasteiger partial charge in [0.15, 0.2) is 0 Å².